The number of amides is 1. The fourth-order valence-electron chi connectivity index (χ4n) is 1.45. The summed E-state index contributed by atoms with van der Waals surface area (Å²) >= 11 is 0. The van der Waals surface area contributed by atoms with Gasteiger partial charge in [0.1, 0.15) is 23.9 Å². The quantitative estimate of drug-likeness (QED) is 0.838. The van der Waals surface area contributed by atoms with E-state index in [-0.39, 0.29) is 24.0 Å². The number of hydrogen-bond donors (Lipinski definition) is 1. The first-order chi connectivity index (χ1) is 9.15. The Kier molecular flexibility index (Phi) is 4.12. The van der Waals surface area contributed by atoms with Crippen LogP contribution in [0.15, 0.2) is 34.9 Å². The largest absolute Gasteiger partial charge is 0.492 e. The van der Waals surface area contributed by atoms with Gasteiger partial charge >= 0.3 is 0 Å². The van der Waals surface area contributed by atoms with Gasteiger partial charge in [-0.3, -0.25) is 4.79 Å². The minimum atomic E-state index is -0.361. The van der Waals surface area contributed by atoms with Crippen molar-refractivity contribution < 1.29 is 18.4 Å². The van der Waals surface area contributed by atoms with Crippen molar-refractivity contribution in [3.8, 4) is 5.75 Å². The summed E-state index contributed by atoms with van der Waals surface area (Å²) in [6.07, 6.45) is 0. The lowest BCUT2D eigenvalue weighted by Crippen LogP contribution is -2.28. The maximum Gasteiger partial charge on any atom is 0.273 e. The van der Waals surface area contributed by atoms with Crippen molar-refractivity contribution in [3.05, 3.63) is 47.6 Å². The highest BCUT2D eigenvalue weighted by Gasteiger charge is 2.09. The van der Waals surface area contributed by atoms with E-state index in [0.717, 1.165) is 0 Å². The van der Waals surface area contributed by atoms with Crippen molar-refractivity contribution >= 4 is 5.91 Å². The number of benzene rings is 1. The van der Waals surface area contributed by atoms with Crippen molar-refractivity contribution in [2.75, 3.05) is 13.2 Å². The van der Waals surface area contributed by atoms with Crippen LogP contribution < -0.4 is 10.1 Å². The molecular formula is C13H13FN2O3. The number of ether oxygens (including phenoxy) is 1. The second-order valence-corrected chi connectivity index (χ2v) is 3.88. The summed E-state index contributed by atoms with van der Waals surface area (Å²) in [4.78, 5) is 11.6. The number of aromatic nitrogens is 1. The predicted molar refractivity (Wildman–Crippen MR) is 65.5 cm³/mol. The fourth-order valence-corrected chi connectivity index (χ4v) is 1.45. The number of halogens is 1. The smallest absolute Gasteiger partial charge is 0.273 e. The standard InChI is InChI=1S/C13H13FN2O3/c1-9-7-12(16-19-9)13(17)15-5-6-18-11-4-2-3-10(14)8-11/h2-4,7-8H,5-6H2,1H3,(H,15,17). The minimum Gasteiger partial charge on any atom is -0.492 e. The lowest BCUT2D eigenvalue weighted by atomic mass is 10.3. The Morgan fingerprint density at radius 1 is 1.47 bits per heavy atom. The molecule has 0 aliphatic rings. The van der Waals surface area contributed by atoms with Gasteiger partial charge < -0.3 is 14.6 Å². The van der Waals surface area contributed by atoms with Crippen molar-refractivity contribution in [1.29, 1.82) is 0 Å². The maximum atomic E-state index is 12.9. The van der Waals surface area contributed by atoms with Crippen LogP contribution in [0.2, 0.25) is 0 Å². The average molecular weight is 264 g/mol. The second-order valence-electron chi connectivity index (χ2n) is 3.88. The Morgan fingerprint density at radius 2 is 2.32 bits per heavy atom. The number of hydrogen-bond acceptors (Lipinski definition) is 4. The molecular weight excluding hydrogens is 251 g/mol. The summed E-state index contributed by atoms with van der Waals surface area (Å²) in [5, 5.41) is 6.20. The summed E-state index contributed by atoms with van der Waals surface area (Å²) in [5.74, 6) is 0.298. The van der Waals surface area contributed by atoms with Gasteiger partial charge in [0.2, 0.25) is 0 Å². The molecule has 1 aromatic carbocycles. The third kappa shape index (κ3) is 3.80. The Bertz CT molecular complexity index is 569. The zero-order chi connectivity index (χ0) is 13.7. The lowest BCUT2D eigenvalue weighted by Gasteiger charge is -2.06. The molecule has 1 aromatic heterocycles. The third-order valence-electron chi connectivity index (χ3n) is 2.31. The molecule has 1 heterocycles. The molecule has 1 amide bonds. The highest BCUT2D eigenvalue weighted by molar-refractivity contribution is 5.92. The van der Waals surface area contributed by atoms with E-state index < -0.39 is 0 Å². The van der Waals surface area contributed by atoms with E-state index in [4.69, 9.17) is 9.26 Å². The van der Waals surface area contributed by atoms with Gasteiger partial charge in [-0.1, -0.05) is 11.2 Å². The van der Waals surface area contributed by atoms with Crippen molar-refractivity contribution in [3.63, 3.8) is 0 Å². The average Bonchev–Trinajstić information content (AvgIpc) is 2.81. The summed E-state index contributed by atoms with van der Waals surface area (Å²) in [5.41, 5.74) is 0.225. The van der Waals surface area contributed by atoms with Gasteiger partial charge in [0.15, 0.2) is 5.69 Å². The molecule has 100 valence electrons. The van der Waals surface area contributed by atoms with Gasteiger partial charge in [-0.2, -0.15) is 0 Å². The van der Waals surface area contributed by atoms with E-state index in [1.807, 2.05) is 0 Å². The summed E-state index contributed by atoms with van der Waals surface area (Å²) in [6.45, 7) is 2.24. The number of carbonyl (C=O) groups is 1. The Morgan fingerprint density at radius 3 is 3.00 bits per heavy atom. The first-order valence-corrected chi connectivity index (χ1v) is 5.75. The van der Waals surface area contributed by atoms with E-state index in [1.54, 1.807) is 25.1 Å². The zero-order valence-electron chi connectivity index (χ0n) is 10.4. The molecule has 0 atom stereocenters. The predicted octanol–water partition coefficient (Wildman–Crippen LogP) is 1.93. The van der Waals surface area contributed by atoms with Crippen LogP contribution in [0.25, 0.3) is 0 Å². The lowest BCUT2D eigenvalue weighted by molar-refractivity contribution is 0.0938. The number of nitrogens with zero attached hydrogens (tertiary/aromatic N) is 1. The van der Waals surface area contributed by atoms with Crippen LogP contribution in [-0.2, 0) is 0 Å². The fraction of sp³-hybridized carbons (Fsp3) is 0.231. The van der Waals surface area contributed by atoms with Crippen LogP contribution in [0.1, 0.15) is 16.2 Å². The van der Waals surface area contributed by atoms with E-state index in [9.17, 15) is 9.18 Å². The van der Waals surface area contributed by atoms with Crippen molar-refractivity contribution in [1.82, 2.24) is 10.5 Å². The SMILES string of the molecule is Cc1cc(C(=O)NCCOc2cccc(F)c2)no1. The number of carbonyl (C=O) groups excluding carboxylic acids is 1. The van der Waals surface area contributed by atoms with E-state index in [2.05, 4.69) is 10.5 Å². The molecule has 0 aliphatic heterocycles. The van der Waals surface area contributed by atoms with Crippen LogP contribution in [0.5, 0.6) is 5.75 Å². The number of aryl methyl sites for hydroxylation is 1. The third-order valence-corrected chi connectivity index (χ3v) is 2.31. The van der Waals surface area contributed by atoms with Gasteiger partial charge in [0.25, 0.3) is 5.91 Å². The van der Waals surface area contributed by atoms with Gasteiger partial charge in [-0.25, -0.2) is 4.39 Å². The Hall–Kier alpha value is -2.37. The molecule has 0 aliphatic carbocycles. The molecule has 0 unspecified atom stereocenters. The summed E-state index contributed by atoms with van der Waals surface area (Å²) in [7, 11) is 0. The Labute approximate surface area is 109 Å². The second kappa shape index (κ2) is 5.99. The summed E-state index contributed by atoms with van der Waals surface area (Å²) in [6, 6.07) is 7.36. The first-order valence-electron chi connectivity index (χ1n) is 5.75. The molecule has 1 N–H and O–H groups in total. The molecule has 6 heteroatoms. The Balaban J connectivity index is 1.74. The van der Waals surface area contributed by atoms with Crippen molar-refractivity contribution in [2.45, 2.75) is 6.92 Å². The zero-order valence-corrected chi connectivity index (χ0v) is 10.4. The van der Waals surface area contributed by atoms with Crippen LogP contribution in [-0.4, -0.2) is 24.2 Å². The molecule has 2 rings (SSSR count). The van der Waals surface area contributed by atoms with Gasteiger partial charge in [0.05, 0.1) is 6.54 Å². The normalized spacial score (nSPS) is 10.2. The highest BCUT2D eigenvalue weighted by atomic mass is 19.1. The molecule has 2 aromatic rings. The molecule has 19 heavy (non-hydrogen) atoms. The van der Waals surface area contributed by atoms with Gasteiger partial charge in [-0.15, -0.1) is 0 Å². The van der Waals surface area contributed by atoms with Crippen LogP contribution in [0.3, 0.4) is 0 Å². The first kappa shape index (κ1) is 13.1. The molecule has 0 saturated carbocycles. The molecule has 0 saturated heterocycles. The van der Waals surface area contributed by atoms with Crippen molar-refractivity contribution in [2.24, 2.45) is 0 Å². The molecule has 0 fully saturated rings. The van der Waals surface area contributed by atoms with Crippen LogP contribution in [0, 0.1) is 12.7 Å². The topological polar surface area (TPSA) is 64.4 Å². The van der Waals surface area contributed by atoms with Gasteiger partial charge in [-0.05, 0) is 19.1 Å². The maximum absolute atomic E-state index is 12.9. The minimum absolute atomic E-state index is 0.225. The van der Waals surface area contributed by atoms with Crippen LogP contribution in [0.4, 0.5) is 4.39 Å². The van der Waals surface area contributed by atoms with Gasteiger partial charge in [0, 0.05) is 12.1 Å². The monoisotopic (exact) mass is 264 g/mol. The van der Waals surface area contributed by atoms with Crippen LogP contribution >= 0.6 is 0 Å². The van der Waals surface area contributed by atoms with E-state index in [0.29, 0.717) is 18.1 Å². The number of nitrogens with one attached hydrogen (secondary N) is 1. The molecule has 0 radical (unpaired) electrons. The van der Waals surface area contributed by atoms with E-state index in [1.165, 1.54) is 12.1 Å². The summed E-state index contributed by atoms with van der Waals surface area (Å²) < 4.78 is 22.9. The molecule has 0 bridgehead atoms. The molecule has 0 spiro atoms. The van der Waals surface area contributed by atoms with E-state index >= 15 is 0 Å². The highest BCUT2D eigenvalue weighted by Crippen LogP contribution is 2.11. The number of rotatable bonds is 5. The molecule has 5 nitrogen and oxygen atoms in total.